The highest BCUT2D eigenvalue weighted by Crippen LogP contribution is 2.11. The second-order valence-corrected chi connectivity index (χ2v) is 3.21. The molecule has 3 N–H and O–H groups in total. The molecule has 0 atom stereocenters. The van der Waals surface area contributed by atoms with E-state index in [0.29, 0.717) is 12.3 Å². The minimum absolute atomic E-state index is 0.0120. The maximum absolute atomic E-state index is 10.3. The number of carboxylic acids is 1. The molecule has 0 saturated carbocycles. The van der Waals surface area contributed by atoms with Crippen LogP contribution in [0.15, 0.2) is 24.3 Å². The average Bonchev–Trinajstić information content (AvgIpc) is 2.27. The molecule has 0 aromatic heterocycles. The van der Waals surface area contributed by atoms with Gasteiger partial charge in [0.25, 0.3) is 0 Å². The fraction of sp³-hybridized carbons (Fsp3) is 0.364. The minimum atomic E-state index is -0.872. The molecule has 0 heterocycles. The fourth-order valence-electron chi connectivity index (χ4n) is 1.18. The Morgan fingerprint density at radius 1 is 1.31 bits per heavy atom. The van der Waals surface area contributed by atoms with Crippen molar-refractivity contribution in [2.45, 2.75) is 6.54 Å². The molecule has 88 valence electrons. The first-order chi connectivity index (χ1) is 7.72. The number of nitrogens with one attached hydrogen (secondary N) is 1. The number of aliphatic carboxylic acids is 1. The Kier molecular flexibility index (Phi) is 5.31. The van der Waals surface area contributed by atoms with Gasteiger partial charge in [0.15, 0.2) is 0 Å². The first-order valence-electron chi connectivity index (χ1n) is 4.97. The molecule has 16 heavy (non-hydrogen) atoms. The number of rotatable bonds is 7. The average molecular weight is 225 g/mol. The highest BCUT2D eigenvalue weighted by molar-refractivity contribution is 5.68. The third-order valence-corrected chi connectivity index (χ3v) is 1.89. The van der Waals surface area contributed by atoms with E-state index in [0.717, 1.165) is 5.56 Å². The zero-order valence-corrected chi connectivity index (χ0v) is 8.85. The summed E-state index contributed by atoms with van der Waals surface area (Å²) in [5, 5.41) is 19.8. The van der Waals surface area contributed by atoms with E-state index in [1.54, 1.807) is 12.1 Å². The standard InChI is InChI=1S/C11H15NO4/c13-5-6-16-10-3-1-9(2-4-10)7-12-8-11(14)15/h1-4,12-13H,5-8H2,(H,14,15). The van der Waals surface area contributed by atoms with Gasteiger partial charge in [-0.2, -0.15) is 0 Å². The number of benzene rings is 1. The third-order valence-electron chi connectivity index (χ3n) is 1.89. The zero-order valence-electron chi connectivity index (χ0n) is 8.85. The summed E-state index contributed by atoms with van der Waals surface area (Å²) < 4.78 is 5.19. The summed E-state index contributed by atoms with van der Waals surface area (Å²) in [7, 11) is 0. The Labute approximate surface area is 93.7 Å². The quantitative estimate of drug-likeness (QED) is 0.619. The molecule has 1 aromatic carbocycles. The number of aliphatic hydroxyl groups is 1. The first-order valence-corrected chi connectivity index (χ1v) is 4.97. The summed E-state index contributed by atoms with van der Waals surface area (Å²) in [6.07, 6.45) is 0. The van der Waals surface area contributed by atoms with Gasteiger partial charge in [-0.25, -0.2) is 0 Å². The Morgan fingerprint density at radius 3 is 2.56 bits per heavy atom. The van der Waals surface area contributed by atoms with Crippen molar-refractivity contribution in [2.24, 2.45) is 0 Å². The van der Waals surface area contributed by atoms with Crippen molar-refractivity contribution in [3.8, 4) is 5.75 Å². The van der Waals surface area contributed by atoms with E-state index < -0.39 is 5.97 Å². The summed E-state index contributed by atoms with van der Waals surface area (Å²) in [4.78, 5) is 10.3. The number of hydrogen-bond acceptors (Lipinski definition) is 4. The van der Waals surface area contributed by atoms with Crippen molar-refractivity contribution in [1.29, 1.82) is 0 Å². The van der Waals surface area contributed by atoms with Crippen LogP contribution >= 0.6 is 0 Å². The topological polar surface area (TPSA) is 78.8 Å². The van der Waals surface area contributed by atoms with Crippen molar-refractivity contribution in [2.75, 3.05) is 19.8 Å². The maximum Gasteiger partial charge on any atom is 0.317 e. The molecular weight excluding hydrogens is 210 g/mol. The van der Waals surface area contributed by atoms with Gasteiger partial charge in [0.1, 0.15) is 12.4 Å². The summed E-state index contributed by atoms with van der Waals surface area (Å²) in [5.41, 5.74) is 0.984. The molecule has 0 aliphatic heterocycles. The molecule has 0 unspecified atom stereocenters. The number of ether oxygens (including phenoxy) is 1. The molecule has 5 nitrogen and oxygen atoms in total. The van der Waals surface area contributed by atoms with E-state index in [1.165, 1.54) is 0 Å². The van der Waals surface area contributed by atoms with Crippen LogP contribution in [0.3, 0.4) is 0 Å². The number of carboxylic acid groups (broad SMARTS) is 1. The Hall–Kier alpha value is -1.59. The molecule has 0 fully saturated rings. The number of carbonyl (C=O) groups is 1. The van der Waals surface area contributed by atoms with Crippen LogP contribution in [0, 0.1) is 0 Å². The van der Waals surface area contributed by atoms with Crippen LogP contribution in [0.2, 0.25) is 0 Å². The van der Waals surface area contributed by atoms with Crippen molar-refractivity contribution < 1.29 is 19.7 Å². The summed E-state index contributed by atoms with van der Waals surface area (Å²) in [6, 6.07) is 7.27. The highest BCUT2D eigenvalue weighted by Gasteiger charge is 1.97. The van der Waals surface area contributed by atoms with E-state index in [4.69, 9.17) is 14.9 Å². The van der Waals surface area contributed by atoms with Gasteiger partial charge in [-0.05, 0) is 17.7 Å². The minimum Gasteiger partial charge on any atom is -0.491 e. The number of hydrogen-bond donors (Lipinski definition) is 3. The second kappa shape index (κ2) is 6.81. The van der Waals surface area contributed by atoms with Crippen LogP contribution in [-0.2, 0) is 11.3 Å². The third kappa shape index (κ3) is 4.77. The molecule has 0 amide bonds. The maximum atomic E-state index is 10.3. The van der Waals surface area contributed by atoms with Crippen molar-refractivity contribution >= 4 is 5.97 Å². The van der Waals surface area contributed by atoms with Gasteiger partial charge in [-0.15, -0.1) is 0 Å². The van der Waals surface area contributed by atoms with Crippen LogP contribution in [0.4, 0.5) is 0 Å². The van der Waals surface area contributed by atoms with Crippen molar-refractivity contribution in [3.63, 3.8) is 0 Å². The lowest BCUT2D eigenvalue weighted by Gasteiger charge is -2.06. The monoisotopic (exact) mass is 225 g/mol. The number of aliphatic hydroxyl groups excluding tert-OH is 1. The lowest BCUT2D eigenvalue weighted by molar-refractivity contribution is -0.135. The molecular formula is C11H15NO4. The summed E-state index contributed by atoms with van der Waals surface area (Å²) in [5.74, 6) is -0.182. The predicted molar refractivity (Wildman–Crippen MR) is 58.4 cm³/mol. The van der Waals surface area contributed by atoms with E-state index in [-0.39, 0.29) is 19.8 Å². The van der Waals surface area contributed by atoms with Crippen molar-refractivity contribution in [3.05, 3.63) is 29.8 Å². The Bertz CT molecular complexity index is 323. The SMILES string of the molecule is O=C(O)CNCc1ccc(OCCO)cc1. The van der Waals surface area contributed by atoms with E-state index in [1.807, 2.05) is 12.1 Å². The molecule has 0 aliphatic carbocycles. The molecule has 0 spiro atoms. The van der Waals surface area contributed by atoms with Gasteiger partial charge in [-0.1, -0.05) is 12.1 Å². The van der Waals surface area contributed by atoms with Crippen LogP contribution in [-0.4, -0.2) is 35.9 Å². The molecule has 5 heteroatoms. The largest absolute Gasteiger partial charge is 0.491 e. The van der Waals surface area contributed by atoms with Crippen LogP contribution < -0.4 is 10.1 Å². The smallest absolute Gasteiger partial charge is 0.317 e. The Morgan fingerprint density at radius 2 is 2.00 bits per heavy atom. The molecule has 1 rings (SSSR count). The lowest BCUT2D eigenvalue weighted by Crippen LogP contribution is -2.21. The summed E-state index contributed by atoms with van der Waals surface area (Å²) >= 11 is 0. The van der Waals surface area contributed by atoms with Gasteiger partial charge in [0.2, 0.25) is 0 Å². The highest BCUT2D eigenvalue weighted by atomic mass is 16.5. The first kappa shape index (κ1) is 12.5. The van der Waals surface area contributed by atoms with Gasteiger partial charge >= 0.3 is 5.97 Å². The lowest BCUT2D eigenvalue weighted by atomic mass is 10.2. The fourth-order valence-corrected chi connectivity index (χ4v) is 1.18. The van der Waals surface area contributed by atoms with Gasteiger partial charge < -0.3 is 20.3 Å². The van der Waals surface area contributed by atoms with Crippen LogP contribution in [0.25, 0.3) is 0 Å². The molecule has 0 saturated heterocycles. The Balaban J connectivity index is 2.36. The van der Waals surface area contributed by atoms with E-state index in [2.05, 4.69) is 5.32 Å². The second-order valence-electron chi connectivity index (χ2n) is 3.21. The molecule has 0 radical (unpaired) electrons. The van der Waals surface area contributed by atoms with Crippen molar-refractivity contribution in [1.82, 2.24) is 5.32 Å². The summed E-state index contributed by atoms with van der Waals surface area (Å²) in [6.45, 7) is 0.716. The molecule has 0 aliphatic rings. The molecule has 0 bridgehead atoms. The predicted octanol–water partition coefficient (Wildman–Crippen LogP) is 0.232. The van der Waals surface area contributed by atoms with Crippen LogP contribution in [0.5, 0.6) is 5.75 Å². The van der Waals surface area contributed by atoms with Gasteiger partial charge in [-0.3, -0.25) is 4.79 Å². The van der Waals surface area contributed by atoms with E-state index >= 15 is 0 Å². The normalized spacial score (nSPS) is 10.1. The van der Waals surface area contributed by atoms with E-state index in [9.17, 15) is 4.79 Å². The molecule has 1 aromatic rings. The van der Waals surface area contributed by atoms with Crippen LogP contribution in [0.1, 0.15) is 5.56 Å². The zero-order chi connectivity index (χ0) is 11.8. The van der Waals surface area contributed by atoms with Gasteiger partial charge in [0.05, 0.1) is 13.2 Å². The van der Waals surface area contributed by atoms with Gasteiger partial charge in [0, 0.05) is 6.54 Å².